The molecule has 0 amide bonds. The van der Waals surface area contributed by atoms with Gasteiger partial charge in [0.15, 0.2) is 5.11 Å². The van der Waals surface area contributed by atoms with Gasteiger partial charge in [-0.15, -0.1) is 0 Å². The first-order valence-corrected chi connectivity index (χ1v) is 9.16. The Hall–Kier alpha value is -1.92. The first-order valence-electron chi connectivity index (χ1n) is 7.60. The molecule has 0 unspecified atom stereocenters. The molecule has 1 aliphatic heterocycles. The second-order valence-corrected chi connectivity index (χ2v) is 7.06. The lowest BCUT2D eigenvalue weighted by molar-refractivity contribution is 0.470. The zero-order chi connectivity index (χ0) is 15.6. The van der Waals surface area contributed by atoms with E-state index in [4.69, 9.17) is 17.2 Å². The normalized spacial score (nSPS) is 15.0. The Morgan fingerprint density at radius 1 is 0.957 bits per heavy atom. The van der Waals surface area contributed by atoms with Crippen LogP contribution in [-0.2, 0) is 0 Å². The predicted octanol–water partition coefficient (Wildman–Crippen LogP) is 3.53. The molecule has 23 heavy (non-hydrogen) atoms. The average molecular weight is 340 g/mol. The molecule has 4 nitrogen and oxygen atoms in total. The van der Waals surface area contributed by atoms with E-state index in [2.05, 4.69) is 15.2 Å². The van der Waals surface area contributed by atoms with Crippen LogP contribution >= 0.6 is 24.0 Å². The summed E-state index contributed by atoms with van der Waals surface area (Å²) in [6.45, 7) is 2.02. The average Bonchev–Trinajstić information content (AvgIpc) is 2.60. The highest BCUT2D eigenvalue weighted by molar-refractivity contribution is 7.99. The summed E-state index contributed by atoms with van der Waals surface area (Å²) in [6, 6.07) is 13.9. The molecular formula is C17H16N4S2. The Morgan fingerprint density at radius 3 is 2.35 bits per heavy atom. The van der Waals surface area contributed by atoms with E-state index in [-0.39, 0.29) is 0 Å². The van der Waals surface area contributed by atoms with Crippen LogP contribution in [-0.4, -0.2) is 44.6 Å². The van der Waals surface area contributed by atoms with E-state index in [1.54, 1.807) is 0 Å². The summed E-state index contributed by atoms with van der Waals surface area (Å²) in [5.41, 5.74) is 4.57. The summed E-state index contributed by atoms with van der Waals surface area (Å²) in [5, 5.41) is 4.12. The minimum atomic E-state index is 0.790. The van der Waals surface area contributed by atoms with E-state index in [0.717, 1.165) is 57.5 Å². The first-order chi connectivity index (χ1) is 11.3. The van der Waals surface area contributed by atoms with Gasteiger partial charge in [0.1, 0.15) is 0 Å². The van der Waals surface area contributed by atoms with Gasteiger partial charge in [-0.05, 0) is 42.5 Å². The Bertz CT molecular complexity index is 875. The van der Waals surface area contributed by atoms with Gasteiger partial charge < -0.3 is 10.2 Å². The number of rotatable bonds is 1. The van der Waals surface area contributed by atoms with Crippen LogP contribution in [0.4, 0.5) is 5.69 Å². The van der Waals surface area contributed by atoms with Gasteiger partial charge in [-0.2, -0.15) is 11.8 Å². The number of para-hydroxylation sites is 2. The van der Waals surface area contributed by atoms with E-state index >= 15 is 0 Å². The Kier molecular flexibility index (Phi) is 4.01. The maximum atomic E-state index is 5.53. The van der Waals surface area contributed by atoms with Crippen LogP contribution in [0.1, 0.15) is 0 Å². The van der Waals surface area contributed by atoms with Crippen LogP contribution in [0.25, 0.3) is 22.1 Å². The summed E-state index contributed by atoms with van der Waals surface area (Å²) in [5.74, 6) is 2.27. The van der Waals surface area contributed by atoms with E-state index in [1.165, 1.54) is 0 Å². The third kappa shape index (κ3) is 3.09. The third-order valence-electron chi connectivity index (χ3n) is 3.89. The lowest BCUT2D eigenvalue weighted by Crippen LogP contribution is -2.40. The van der Waals surface area contributed by atoms with Crippen LogP contribution < -0.4 is 5.32 Å². The summed E-state index contributed by atoms with van der Waals surface area (Å²) < 4.78 is 0. The van der Waals surface area contributed by atoms with Crippen LogP contribution in [0.2, 0.25) is 0 Å². The molecule has 1 aliphatic rings. The monoisotopic (exact) mass is 340 g/mol. The lowest BCUT2D eigenvalue weighted by atomic mass is 10.2. The maximum Gasteiger partial charge on any atom is 0.173 e. The molecule has 116 valence electrons. The fourth-order valence-corrected chi connectivity index (χ4v) is 3.87. The molecule has 1 fully saturated rings. The van der Waals surface area contributed by atoms with Crippen molar-refractivity contribution in [3.63, 3.8) is 0 Å². The molecule has 1 N–H and O–H groups in total. The maximum absolute atomic E-state index is 5.53. The number of benzene rings is 2. The Morgan fingerprint density at radius 2 is 1.61 bits per heavy atom. The molecule has 0 aliphatic carbocycles. The van der Waals surface area contributed by atoms with Crippen molar-refractivity contribution in [1.29, 1.82) is 0 Å². The van der Waals surface area contributed by atoms with Gasteiger partial charge >= 0.3 is 0 Å². The highest BCUT2D eigenvalue weighted by Crippen LogP contribution is 2.20. The van der Waals surface area contributed by atoms with E-state index in [9.17, 15) is 0 Å². The van der Waals surface area contributed by atoms with Gasteiger partial charge in [-0.3, -0.25) is 0 Å². The molecule has 4 rings (SSSR count). The number of nitrogens with one attached hydrogen (secondary N) is 1. The molecule has 0 atom stereocenters. The summed E-state index contributed by atoms with van der Waals surface area (Å²) in [6.07, 6.45) is 0. The van der Waals surface area contributed by atoms with Gasteiger partial charge in [0.2, 0.25) is 0 Å². The fourth-order valence-electron chi connectivity index (χ4n) is 2.67. The lowest BCUT2D eigenvalue weighted by Gasteiger charge is -2.29. The number of thiocarbonyl (C=S) groups is 1. The summed E-state index contributed by atoms with van der Waals surface area (Å²) in [7, 11) is 0. The third-order valence-corrected chi connectivity index (χ3v) is 5.19. The van der Waals surface area contributed by atoms with E-state index in [1.807, 2.05) is 54.2 Å². The number of thioether (sulfide) groups is 1. The molecule has 1 saturated heterocycles. The van der Waals surface area contributed by atoms with Crippen LogP contribution in [0.5, 0.6) is 0 Å². The van der Waals surface area contributed by atoms with Crippen molar-refractivity contribution in [2.75, 3.05) is 29.9 Å². The second-order valence-electron chi connectivity index (χ2n) is 5.45. The molecule has 2 aromatic carbocycles. The van der Waals surface area contributed by atoms with Crippen molar-refractivity contribution in [2.45, 2.75) is 0 Å². The van der Waals surface area contributed by atoms with Gasteiger partial charge in [0.25, 0.3) is 0 Å². The second kappa shape index (κ2) is 6.29. The minimum absolute atomic E-state index is 0.790. The van der Waals surface area contributed by atoms with Crippen LogP contribution in [0.15, 0.2) is 42.5 Å². The highest BCUT2D eigenvalue weighted by atomic mass is 32.2. The SMILES string of the molecule is S=C(Nc1ccc2nc3ccccc3nc2c1)N1CCSCC1. The Labute approximate surface area is 144 Å². The number of hydrogen-bond donors (Lipinski definition) is 1. The first kappa shape index (κ1) is 14.7. The predicted molar refractivity (Wildman–Crippen MR) is 102 cm³/mol. The molecular weight excluding hydrogens is 324 g/mol. The van der Waals surface area contributed by atoms with Crippen molar-refractivity contribution in [2.24, 2.45) is 0 Å². The number of hydrogen-bond acceptors (Lipinski definition) is 4. The van der Waals surface area contributed by atoms with E-state index in [0.29, 0.717) is 0 Å². The molecule has 1 aromatic heterocycles. The Balaban J connectivity index is 1.62. The van der Waals surface area contributed by atoms with Gasteiger partial charge in [0, 0.05) is 30.3 Å². The van der Waals surface area contributed by atoms with Crippen LogP contribution in [0.3, 0.4) is 0 Å². The fraction of sp³-hybridized carbons (Fsp3) is 0.235. The van der Waals surface area contributed by atoms with Crippen molar-refractivity contribution >= 4 is 56.8 Å². The van der Waals surface area contributed by atoms with Gasteiger partial charge in [-0.25, -0.2) is 9.97 Å². The molecule has 0 bridgehead atoms. The highest BCUT2D eigenvalue weighted by Gasteiger charge is 2.13. The summed E-state index contributed by atoms with van der Waals surface area (Å²) >= 11 is 7.50. The number of nitrogens with zero attached hydrogens (tertiary/aromatic N) is 3. The van der Waals surface area contributed by atoms with Crippen LogP contribution in [0, 0.1) is 0 Å². The van der Waals surface area contributed by atoms with Crippen molar-refractivity contribution in [1.82, 2.24) is 14.9 Å². The molecule has 6 heteroatoms. The standard InChI is InChI=1S/C17H16N4S2/c22-17(21-7-9-23-10-8-21)18-12-5-6-15-16(11-12)20-14-4-2-1-3-13(14)19-15/h1-6,11H,7-10H2,(H,18,22). The van der Waals surface area contributed by atoms with E-state index < -0.39 is 0 Å². The van der Waals surface area contributed by atoms with Crippen molar-refractivity contribution in [3.8, 4) is 0 Å². The van der Waals surface area contributed by atoms with Crippen molar-refractivity contribution in [3.05, 3.63) is 42.5 Å². The van der Waals surface area contributed by atoms with Crippen molar-refractivity contribution < 1.29 is 0 Å². The molecule has 0 radical (unpaired) electrons. The number of fused-ring (bicyclic) bond motifs is 2. The topological polar surface area (TPSA) is 41.1 Å². The molecule has 2 heterocycles. The largest absolute Gasteiger partial charge is 0.347 e. The molecule has 3 aromatic rings. The molecule has 0 saturated carbocycles. The molecule has 0 spiro atoms. The van der Waals surface area contributed by atoms with Gasteiger partial charge in [0.05, 0.1) is 22.1 Å². The quantitative estimate of drug-likeness (QED) is 0.540. The summed E-state index contributed by atoms with van der Waals surface area (Å²) in [4.78, 5) is 11.6. The van der Waals surface area contributed by atoms with Gasteiger partial charge in [-0.1, -0.05) is 12.1 Å². The minimum Gasteiger partial charge on any atom is -0.347 e. The smallest absolute Gasteiger partial charge is 0.173 e. The number of anilines is 1. The zero-order valence-electron chi connectivity index (χ0n) is 12.5. The number of aromatic nitrogens is 2. The zero-order valence-corrected chi connectivity index (χ0v) is 14.2.